The molecule has 0 saturated heterocycles. The highest BCUT2D eigenvalue weighted by molar-refractivity contribution is 9.10. The molecular formula is C30H36BrN3O6S. The second-order valence-corrected chi connectivity index (χ2v) is 12.3. The first-order valence-corrected chi connectivity index (χ1v) is 15.4. The van der Waals surface area contributed by atoms with E-state index < -0.39 is 28.5 Å². The Labute approximate surface area is 250 Å². The number of amides is 2. The second-order valence-electron chi connectivity index (χ2n) is 9.51. The van der Waals surface area contributed by atoms with Crippen molar-refractivity contribution in [2.75, 3.05) is 25.1 Å². The molecule has 11 heteroatoms. The number of rotatable bonds is 13. The largest absolute Gasteiger partial charge is 0.493 e. The lowest BCUT2D eigenvalue weighted by Gasteiger charge is -2.32. The lowest BCUT2D eigenvalue weighted by Crippen LogP contribution is -2.52. The van der Waals surface area contributed by atoms with Crippen LogP contribution >= 0.6 is 15.9 Å². The van der Waals surface area contributed by atoms with Gasteiger partial charge in [-0.1, -0.05) is 53.2 Å². The summed E-state index contributed by atoms with van der Waals surface area (Å²) >= 11 is 3.45. The number of benzene rings is 3. The number of carbonyl (C=O) groups excluding carboxylic acids is 2. The van der Waals surface area contributed by atoms with E-state index in [9.17, 15) is 18.0 Å². The molecule has 0 aliphatic heterocycles. The van der Waals surface area contributed by atoms with E-state index in [0.717, 1.165) is 20.8 Å². The fourth-order valence-electron chi connectivity index (χ4n) is 4.11. The van der Waals surface area contributed by atoms with Gasteiger partial charge in [-0.2, -0.15) is 0 Å². The Bertz CT molecular complexity index is 1450. The number of ether oxygens (including phenoxy) is 2. The molecule has 0 aliphatic rings. The smallest absolute Gasteiger partial charge is 0.264 e. The first-order chi connectivity index (χ1) is 19.5. The highest BCUT2D eigenvalue weighted by Crippen LogP contribution is 2.34. The normalized spacial score (nSPS) is 12.6. The van der Waals surface area contributed by atoms with Crippen LogP contribution in [-0.2, 0) is 26.2 Å². The minimum absolute atomic E-state index is 0.0173. The number of halogens is 1. The molecule has 0 heterocycles. The quantitative estimate of drug-likeness (QED) is 0.281. The molecule has 41 heavy (non-hydrogen) atoms. The molecule has 3 aromatic carbocycles. The van der Waals surface area contributed by atoms with Gasteiger partial charge in [0.15, 0.2) is 11.5 Å². The van der Waals surface area contributed by atoms with Crippen molar-refractivity contribution >= 4 is 43.5 Å². The zero-order valence-electron chi connectivity index (χ0n) is 23.8. The second kappa shape index (κ2) is 14.4. The number of nitrogens with one attached hydrogen (secondary N) is 1. The zero-order valence-corrected chi connectivity index (χ0v) is 26.2. The van der Waals surface area contributed by atoms with Gasteiger partial charge in [-0.05, 0) is 62.2 Å². The fraction of sp³-hybridized carbons (Fsp3) is 0.333. The minimum atomic E-state index is -4.19. The van der Waals surface area contributed by atoms with Crippen molar-refractivity contribution in [1.82, 2.24) is 10.2 Å². The summed E-state index contributed by atoms with van der Waals surface area (Å²) < 4.78 is 40.4. The molecule has 3 aromatic rings. The third-order valence-corrected chi connectivity index (χ3v) is 8.96. The zero-order chi connectivity index (χ0) is 30.2. The molecule has 0 aliphatic carbocycles. The first-order valence-electron chi connectivity index (χ1n) is 13.2. The maximum atomic E-state index is 14.0. The van der Waals surface area contributed by atoms with Crippen molar-refractivity contribution in [2.24, 2.45) is 0 Å². The van der Waals surface area contributed by atoms with E-state index >= 15 is 0 Å². The van der Waals surface area contributed by atoms with Crippen LogP contribution in [0.1, 0.15) is 32.8 Å². The third-order valence-electron chi connectivity index (χ3n) is 6.68. The summed E-state index contributed by atoms with van der Waals surface area (Å²) in [5.41, 5.74) is 0.985. The summed E-state index contributed by atoms with van der Waals surface area (Å²) in [4.78, 5) is 28.6. The van der Waals surface area contributed by atoms with Crippen LogP contribution in [0.2, 0.25) is 0 Å². The van der Waals surface area contributed by atoms with Crippen molar-refractivity contribution in [3.05, 3.63) is 82.8 Å². The Morgan fingerprint density at radius 3 is 2.22 bits per heavy atom. The molecule has 0 fully saturated rings. The van der Waals surface area contributed by atoms with Crippen molar-refractivity contribution < 1.29 is 27.5 Å². The molecule has 2 atom stereocenters. The molecule has 3 rings (SSSR count). The first kappa shape index (κ1) is 32.0. The summed E-state index contributed by atoms with van der Waals surface area (Å²) in [6.45, 7) is 5.02. The van der Waals surface area contributed by atoms with Crippen molar-refractivity contribution in [2.45, 2.75) is 50.7 Å². The van der Waals surface area contributed by atoms with Crippen LogP contribution in [0.25, 0.3) is 0 Å². The van der Waals surface area contributed by atoms with Crippen LogP contribution in [0.15, 0.2) is 82.2 Å². The van der Waals surface area contributed by atoms with E-state index in [-0.39, 0.29) is 29.1 Å². The van der Waals surface area contributed by atoms with Gasteiger partial charge in [-0.25, -0.2) is 8.42 Å². The Morgan fingerprint density at radius 2 is 1.61 bits per heavy atom. The molecule has 0 radical (unpaired) electrons. The molecule has 9 nitrogen and oxygen atoms in total. The SMILES string of the molecule is CCC(C)NC(=O)C(C)N(Cc1cccc(Br)c1)C(=O)CN(c1ccc(OC)c(OC)c1)S(=O)(=O)c1ccccc1. The van der Waals surface area contributed by atoms with E-state index in [1.165, 1.54) is 37.3 Å². The third kappa shape index (κ3) is 8.01. The number of carbonyl (C=O) groups is 2. The Kier molecular flexibility index (Phi) is 11.2. The summed E-state index contributed by atoms with van der Waals surface area (Å²) in [6, 6.07) is 18.9. The molecule has 0 bridgehead atoms. The summed E-state index contributed by atoms with van der Waals surface area (Å²) in [5, 5.41) is 2.93. The molecule has 1 N–H and O–H groups in total. The van der Waals surface area contributed by atoms with Gasteiger partial charge in [-0.3, -0.25) is 13.9 Å². The lowest BCUT2D eigenvalue weighted by atomic mass is 10.1. The van der Waals surface area contributed by atoms with Gasteiger partial charge >= 0.3 is 0 Å². The summed E-state index contributed by atoms with van der Waals surface area (Å²) in [7, 11) is -1.27. The van der Waals surface area contributed by atoms with Gasteiger partial charge in [-0.15, -0.1) is 0 Å². The van der Waals surface area contributed by atoms with Gasteiger partial charge in [0.1, 0.15) is 12.6 Å². The fourth-order valence-corrected chi connectivity index (χ4v) is 5.98. The molecule has 0 aromatic heterocycles. The highest BCUT2D eigenvalue weighted by Gasteiger charge is 2.33. The molecule has 220 valence electrons. The highest BCUT2D eigenvalue weighted by atomic mass is 79.9. The van der Waals surface area contributed by atoms with E-state index in [1.807, 2.05) is 38.1 Å². The number of anilines is 1. The Balaban J connectivity index is 2.07. The van der Waals surface area contributed by atoms with Crippen molar-refractivity contribution in [1.29, 1.82) is 0 Å². The maximum Gasteiger partial charge on any atom is 0.264 e. The predicted octanol–water partition coefficient (Wildman–Crippen LogP) is 4.99. The van der Waals surface area contributed by atoms with Gasteiger partial charge < -0.3 is 19.7 Å². The van der Waals surface area contributed by atoms with Crippen LogP contribution in [0.3, 0.4) is 0 Å². The Morgan fingerprint density at radius 1 is 0.927 bits per heavy atom. The Hall–Kier alpha value is -3.57. The van der Waals surface area contributed by atoms with E-state index in [4.69, 9.17) is 9.47 Å². The van der Waals surface area contributed by atoms with Gasteiger partial charge in [0.2, 0.25) is 11.8 Å². The average molecular weight is 647 g/mol. The maximum absolute atomic E-state index is 14.0. The van der Waals surface area contributed by atoms with Crippen LogP contribution in [0.4, 0.5) is 5.69 Å². The van der Waals surface area contributed by atoms with Gasteiger partial charge in [0.25, 0.3) is 10.0 Å². The molecule has 2 amide bonds. The van der Waals surface area contributed by atoms with Crippen molar-refractivity contribution in [3.8, 4) is 11.5 Å². The van der Waals surface area contributed by atoms with Crippen LogP contribution < -0.4 is 19.1 Å². The molecule has 0 spiro atoms. The lowest BCUT2D eigenvalue weighted by molar-refractivity contribution is -0.139. The molecular weight excluding hydrogens is 610 g/mol. The standard InChI is InChI=1S/C30H36BrN3O6S/c1-6-21(2)32-30(36)22(3)33(19-23-11-10-12-24(31)17-23)29(35)20-34(41(37,38)26-13-8-7-9-14-26)25-15-16-27(39-4)28(18-25)40-5/h7-18,21-22H,6,19-20H2,1-5H3,(H,32,36). The van der Waals surface area contributed by atoms with E-state index in [1.54, 1.807) is 37.3 Å². The number of methoxy groups -OCH3 is 2. The van der Waals surface area contributed by atoms with E-state index in [2.05, 4.69) is 21.2 Å². The van der Waals surface area contributed by atoms with Gasteiger partial charge in [0.05, 0.1) is 24.8 Å². The average Bonchev–Trinajstić information content (AvgIpc) is 2.98. The number of hydrogen-bond donors (Lipinski definition) is 1. The van der Waals surface area contributed by atoms with Crippen molar-refractivity contribution in [3.63, 3.8) is 0 Å². The van der Waals surface area contributed by atoms with Crippen LogP contribution in [-0.4, -0.2) is 58.0 Å². The molecule has 0 saturated carbocycles. The topological polar surface area (TPSA) is 105 Å². The summed E-state index contributed by atoms with van der Waals surface area (Å²) in [6.07, 6.45) is 0.723. The number of nitrogens with zero attached hydrogens (tertiary/aromatic N) is 2. The van der Waals surface area contributed by atoms with Crippen LogP contribution in [0, 0.1) is 0 Å². The van der Waals surface area contributed by atoms with Gasteiger partial charge in [0, 0.05) is 23.1 Å². The van der Waals surface area contributed by atoms with E-state index in [0.29, 0.717) is 11.5 Å². The summed E-state index contributed by atoms with van der Waals surface area (Å²) in [5.74, 6) is -0.165. The number of sulfonamides is 1. The molecule has 2 unspecified atom stereocenters. The predicted molar refractivity (Wildman–Crippen MR) is 163 cm³/mol. The minimum Gasteiger partial charge on any atom is -0.493 e. The monoisotopic (exact) mass is 645 g/mol. The van der Waals surface area contributed by atoms with Crippen LogP contribution in [0.5, 0.6) is 11.5 Å². The number of hydrogen-bond acceptors (Lipinski definition) is 6.